The topological polar surface area (TPSA) is 17.8 Å². The van der Waals surface area contributed by atoms with Crippen molar-refractivity contribution in [3.05, 3.63) is 12.4 Å². The van der Waals surface area contributed by atoms with E-state index < -0.39 is 0 Å². The fourth-order valence-electron chi connectivity index (χ4n) is 3.86. The highest BCUT2D eigenvalue weighted by Gasteiger charge is 2.43. The first-order valence-corrected chi connectivity index (χ1v) is 11.3. The van der Waals surface area contributed by atoms with Crippen LogP contribution in [-0.4, -0.2) is 29.9 Å². The zero-order chi connectivity index (χ0) is 18.4. The van der Waals surface area contributed by atoms with Gasteiger partial charge < -0.3 is 4.34 Å². The Balaban J connectivity index is 3.58. The molecule has 4 heteroatoms. The van der Waals surface area contributed by atoms with Crippen molar-refractivity contribution in [2.45, 2.75) is 104 Å². The van der Waals surface area contributed by atoms with Crippen molar-refractivity contribution in [1.82, 2.24) is 9.32 Å². The van der Waals surface area contributed by atoms with E-state index in [4.69, 9.17) is 4.98 Å². The van der Waals surface area contributed by atoms with Crippen LogP contribution >= 0.6 is 16.0 Å². The van der Waals surface area contributed by atoms with Gasteiger partial charge in [-0.2, -0.15) is 0 Å². The Morgan fingerprint density at radius 1 is 0.696 bits per heavy atom. The van der Waals surface area contributed by atoms with Crippen LogP contribution in [0, 0.1) is 0 Å². The van der Waals surface area contributed by atoms with Gasteiger partial charge in [0.2, 0.25) is 0 Å². The summed E-state index contributed by atoms with van der Waals surface area (Å²) in [6.45, 7) is 28.5. The normalized spacial score (nSPS) is 14.9. The van der Waals surface area contributed by atoms with Gasteiger partial charge in [-0.05, 0) is 18.2 Å². The minimum atomic E-state index is -0.380. The molecule has 1 aromatic rings. The zero-order valence-electron chi connectivity index (χ0n) is 17.4. The van der Waals surface area contributed by atoms with Crippen LogP contribution in [0.3, 0.4) is 0 Å². The average Bonchev–Trinajstić information content (AvgIpc) is 2.56. The second-order valence-corrected chi connectivity index (χ2v) is 17.9. The third-order valence-electron chi connectivity index (χ3n) is 3.63. The van der Waals surface area contributed by atoms with Crippen LogP contribution in [0.15, 0.2) is 12.4 Å². The molecule has 0 fully saturated rings. The number of imidazole rings is 1. The predicted molar refractivity (Wildman–Crippen MR) is 110 cm³/mol. The minimum Gasteiger partial charge on any atom is -0.309 e. The van der Waals surface area contributed by atoms with E-state index in [1.807, 2.05) is 6.20 Å². The molecular weight excluding hydrogens is 318 g/mol. The maximum atomic E-state index is 4.91. The Labute approximate surface area is 147 Å². The largest absolute Gasteiger partial charge is 0.309 e. The molecule has 23 heavy (non-hydrogen) atoms. The van der Waals surface area contributed by atoms with Gasteiger partial charge >= 0.3 is 0 Å². The number of nitrogens with zero attached hydrogens (tertiary/aromatic N) is 2. The summed E-state index contributed by atoms with van der Waals surface area (Å²) >= 11 is 0. The molecule has 0 bridgehead atoms. The maximum Gasteiger partial charge on any atom is 0.135 e. The molecule has 0 aromatic carbocycles. The first kappa shape index (κ1) is 21.1. The summed E-state index contributed by atoms with van der Waals surface area (Å²) in [6, 6.07) is 0. The Kier molecular flexibility index (Phi) is 5.89. The molecule has 0 aliphatic carbocycles. The van der Waals surface area contributed by atoms with Crippen molar-refractivity contribution in [3.8, 4) is 0 Å². The predicted octanol–water partition coefficient (Wildman–Crippen LogP) is 6.43. The van der Waals surface area contributed by atoms with Crippen LogP contribution in [0.2, 0.25) is 0 Å². The van der Waals surface area contributed by atoms with E-state index >= 15 is 0 Å². The monoisotopic (exact) mass is 356 g/mol. The third-order valence-corrected chi connectivity index (χ3v) is 10.5. The summed E-state index contributed by atoms with van der Waals surface area (Å²) in [5.74, 6) is 0. The molecule has 0 unspecified atom stereocenters. The van der Waals surface area contributed by atoms with E-state index in [1.165, 1.54) is 5.57 Å². The summed E-state index contributed by atoms with van der Waals surface area (Å²) in [6.07, 6.45) is 4.26. The molecule has 134 valence electrons. The van der Waals surface area contributed by atoms with Gasteiger partial charge in [-0.25, -0.2) is 4.98 Å². The van der Waals surface area contributed by atoms with Gasteiger partial charge in [0.1, 0.15) is 5.57 Å². The van der Waals surface area contributed by atoms with Crippen molar-refractivity contribution in [1.29, 1.82) is 0 Å². The Bertz CT molecular complexity index is 445. The van der Waals surface area contributed by atoms with Gasteiger partial charge in [-0.3, -0.25) is 0 Å². The van der Waals surface area contributed by atoms with Crippen molar-refractivity contribution in [3.63, 3.8) is 0 Å². The molecular formula is C19H38N2P2. The fourth-order valence-corrected chi connectivity index (χ4v) is 11.8. The van der Waals surface area contributed by atoms with E-state index in [-0.39, 0.29) is 36.6 Å². The standard InChI is InChI=1S/C19H38N2P2/c1-16(2,3)22(17(4,5)6)15-20-13-14-21(15)23(18(7,8)9)19(10,11)12/h13-14H,1-12H3. The fraction of sp³-hybridized carbons (Fsp3) is 0.842. The molecule has 0 radical (unpaired) electrons. The molecule has 0 spiro atoms. The van der Waals surface area contributed by atoms with Gasteiger partial charge in [0.05, 0.1) is 0 Å². The van der Waals surface area contributed by atoms with Crippen molar-refractivity contribution in [2.24, 2.45) is 0 Å². The van der Waals surface area contributed by atoms with E-state index in [2.05, 4.69) is 93.6 Å². The van der Waals surface area contributed by atoms with Gasteiger partial charge in [-0.1, -0.05) is 83.1 Å². The highest BCUT2D eigenvalue weighted by molar-refractivity contribution is 7.69. The Morgan fingerprint density at radius 2 is 1.09 bits per heavy atom. The SMILES string of the molecule is CC(C)(C)P(c1nccn1P(C(C)(C)C)C(C)(C)C)C(C)(C)C. The average molecular weight is 356 g/mol. The summed E-state index contributed by atoms with van der Waals surface area (Å²) in [5.41, 5.74) is 1.33. The number of aromatic nitrogens is 2. The summed E-state index contributed by atoms with van der Waals surface area (Å²) in [7, 11) is -0.758. The number of hydrogen-bond acceptors (Lipinski definition) is 1. The maximum absolute atomic E-state index is 4.91. The Hall–Kier alpha value is 0.0700. The van der Waals surface area contributed by atoms with Gasteiger partial charge in [0.15, 0.2) is 0 Å². The van der Waals surface area contributed by atoms with Crippen LogP contribution in [0.4, 0.5) is 0 Å². The summed E-state index contributed by atoms with van der Waals surface area (Å²) < 4.78 is 2.57. The first-order chi connectivity index (χ1) is 9.97. The quantitative estimate of drug-likeness (QED) is 0.558. The van der Waals surface area contributed by atoms with E-state index in [9.17, 15) is 0 Å². The lowest BCUT2D eigenvalue weighted by molar-refractivity contribution is 0.690. The zero-order valence-corrected chi connectivity index (χ0v) is 19.2. The summed E-state index contributed by atoms with van der Waals surface area (Å²) in [4.78, 5) is 4.91. The van der Waals surface area contributed by atoms with Crippen LogP contribution in [0.25, 0.3) is 0 Å². The number of rotatable bonds is 2. The second-order valence-electron chi connectivity index (χ2n) is 10.4. The van der Waals surface area contributed by atoms with Gasteiger partial charge in [0, 0.05) is 30.8 Å². The number of hydrogen-bond donors (Lipinski definition) is 0. The molecule has 1 rings (SSSR count). The van der Waals surface area contributed by atoms with E-state index in [0.717, 1.165) is 0 Å². The van der Waals surface area contributed by atoms with Crippen molar-refractivity contribution >= 4 is 21.6 Å². The lowest BCUT2D eigenvalue weighted by Gasteiger charge is -2.46. The molecule has 0 amide bonds. The summed E-state index contributed by atoms with van der Waals surface area (Å²) in [5, 5.41) is 0.987. The van der Waals surface area contributed by atoms with Crippen LogP contribution in [-0.2, 0) is 0 Å². The molecule has 0 atom stereocenters. The molecule has 1 aromatic heterocycles. The smallest absolute Gasteiger partial charge is 0.135 e. The second kappa shape index (κ2) is 6.42. The molecule has 0 N–H and O–H groups in total. The van der Waals surface area contributed by atoms with E-state index in [1.54, 1.807) is 0 Å². The van der Waals surface area contributed by atoms with Crippen LogP contribution in [0.5, 0.6) is 0 Å². The van der Waals surface area contributed by atoms with E-state index in [0.29, 0.717) is 0 Å². The minimum absolute atomic E-state index is 0.244. The highest BCUT2D eigenvalue weighted by atomic mass is 31.1. The highest BCUT2D eigenvalue weighted by Crippen LogP contribution is 2.63. The van der Waals surface area contributed by atoms with Crippen LogP contribution in [0.1, 0.15) is 83.1 Å². The molecule has 2 nitrogen and oxygen atoms in total. The lowest BCUT2D eigenvalue weighted by Crippen LogP contribution is -2.38. The lowest BCUT2D eigenvalue weighted by atomic mass is 10.2. The Morgan fingerprint density at radius 3 is 1.39 bits per heavy atom. The molecule has 0 aliphatic heterocycles. The molecule has 0 aliphatic rings. The molecule has 1 heterocycles. The van der Waals surface area contributed by atoms with Crippen molar-refractivity contribution in [2.75, 3.05) is 0 Å². The first-order valence-electron chi connectivity index (χ1n) is 8.61. The van der Waals surface area contributed by atoms with Gasteiger partial charge in [0.25, 0.3) is 0 Å². The van der Waals surface area contributed by atoms with Crippen molar-refractivity contribution < 1.29 is 0 Å². The van der Waals surface area contributed by atoms with Crippen LogP contribution < -0.4 is 5.57 Å². The molecule has 0 saturated heterocycles. The van der Waals surface area contributed by atoms with Gasteiger partial charge in [-0.15, -0.1) is 0 Å². The molecule has 0 saturated carbocycles. The third kappa shape index (κ3) is 5.02.